The molecule has 3 nitrogen and oxygen atoms in total. The smallest absolute Gasteiger partial charge is 0.0826 e. The fraction of sp³-hybridized carbons (Fsp3) is 0.625. The third kappa shape index (κ3) is 4.30. The third-order valence-electron chi connectivity index (χ3n) is 3.90. The Balaban J connectivity index is 1.79. The average molecular weight is 262 g/mol. The molecule has 106 valence electrons. The summed E-state index contributed by atoms with van der Waals surface area (Å²) in [5.41, 5.74) is 2.65. The van der Waals surface area contributed by atoms with Gasteiger partial charge in [0, 0.05) is 25.7 Å². The highest BCUT2D eigenvalue weighted by Crippen LogP contribution is 2.13. The van der Waals surface area contributed by atoms with E-state index in [1.54, 1.807) is 0 Å². The topological polar surface area (TPSA) is 24.5 Å². The average Bonchev–Trinajstić information content (AvgIpc) is 2.46. The van der Waals surface area contributed by atoms with Crippen LogP contribution in [-0.4, -0.2) is 43.8 Å². The standard InChI is InChI=1S/C16H26N2O/c1-4-18-9-10-19-16(12-18)11-17-14(3)15-7-5-13(2)6-8-15/h5-8,14,16-17H,4,9-12H2,1-3H3/t14-,16?/m1/s1. The van der Waals surface area contributed by atoms with Crippen LogP contribution in [-0.2, 0) is 4.74 Å². The van der Waals surface area contributed by atoms with Gasteiger partial charge in [-0.25, -0.2) is 0 Å². The third-order valence-corrected chi connectivity index (χ3v) is 3.90. The van der Waals surface area contributed by atoms with E-state index >= 15 is 0 Å². The van der Waals surface area contributed by atoms with E-state index in [-0.39, 0.29) is 0 Å². The predicted octanol–water partition coefficient (Wildman–Crippen LogP) is 2.37. The molecule has 2 rings (SSSR count). The lowest BCUT2D eigenvalue weighted by Crippen LogP contribution is -2.46. The fourth-order valence-corrected chi connectivity index (χ4v) is 2.47. The molecule has 1 saturated heterocycles. The number of nitrogens with one attached hydrogen (secondary N) is 1. The first-order chi connectivity index (χ1) is 9.19. The van der Waals surface area contributed by atoms with Crippen LogP contribution in [0, 0.1) is 6.92 Å². The van der Waals surface area contributed by atoms with Crippen LogP contribution in [0.2, 0.25) is 0 Å². The largest absolute Gasteiger partial charge is 0.374 e. The van der Waals surface area contributed by atoms with Gasteiger partial charge in [0.2, 0.25) is 0 Å². The molecular formula is C16H26N2O. The highest BCUT2D eigenvalue weighted by atomic mass is 16.5. The number of nitrogens with zero attached hydrogens (tertiary/aromatic N) is 1. The first kappa shape index (κ1) is 14.5. The SMILES string of the molecule is CCN1CCOC(CN[C@H](C)c2ccc(C)cc2)C1. The molecule has 1 aromatic carbocycles. The molecule has 1 fully saturated rings. The van der Waals surface area contributed by atoms with Crippen LogP contribution in [0.15, 0.2) is 24.3 Å². The van der Waals surface area contributed by atoms with Crippen molar-refractivity contribution in [2.75, 3.05) is 32.8 Å². The zero-order valence-corrected chi connectivity index (χ0v) is 12.4. The van der Waals surface area contributed by atoms with Crippen molar-refractivity contribution >= 4 is 0 Å². The van der Waals surface area contributed by atoms with Crippen molar-refractivity contribution < 1.29 is 4.74 Å². The molecule has 0 aromatic heterocycles. The molecule has 3 heteroatoms. The molecular weight excluding hydrogens is 236 g/mol. The molecule has 2 atom stereocenters. The molecule has 1 aliphatic rings. The molecule has 0 aliphatic carbocycles. The summed E-state index contributed by atoms with van der Waals surface area (Å²) in [5.74, 6) is 0. The molecule has 0 bridgehead atoms. The Morgan fingerprint density at radius 1 is 1.37 bits per heavy atom. The van der Waals surface area contributed by atoms with Gasteiger partial charge in [0.1, 0.15) is 0 Å². The van der Waals surface area contributed by atoms with Gasteiger partial charge < -0.3 is 10.1 Å². The molecule has 0 spiro atoms. The second-order valence-corrected chi connectivity index (χ2v) is 5.43. The maximum atomic E-state index is 5.81. The zero-order valence-electron chi connectivity index (χ0n) is 12.4. The molecule has 1 aromatic rings. The summed E-state index contributed by atoms with van der Waals surface area (Å²) in [4.78, 5) is 2.45. The maximum Gasteiger partial charge on any atom is 0.0826 e. The second kappa shape index (κ2) is 7.04. The van der Waals surface area contributed by atoms with E-state index in [9.17, 15) is 0 Å². The van der Waals surface area contributed by atoms with Crippen LogP contribution in [0.4, 0.5) is 0 Å². The Morgan fingerprint density at radius 3 is 2.79 bits per heavy atom. The summed E-state index contributed by atoms with van der Waals surface area (Å²) in [6, 6.07) is 9.12. The van der Waals surface area contributed by atoms with Crippen molar-refractivity contribution in [3.63, 3.8) is 0 Å². The van der Waals surface area contributed by atoms with Crippen LogP contribution in [0.1, 0.15) is 31.0 Å². The van der Waals surface area contributed by atoms with Gasteiger partial charge in [-0.3, -0.25) is 4.90 Å². The van der Waals surface area contributed by atoms with Crippen molar-refractivity contribution in [2.45, 2.75) is 32.9 Å². The second-order valence-electron chi connectivity index (χ2n) is 5.43. The normalized spacial score (nSPS) is 22.4. The van der Waals surface area contributed by atoms with E-state index in [1.807, 2.05) is 0 Å². The number of aryl methyl sites for hydroxylation is 1. The van der Waals surface area contributed by atoms with E-state index in [2.05, 4.69) is 55.3 Å². The minimum absolute atomic E-state index is 0.321. The molecule has 1 unspecified atom stereocenters. The number of ether oxygens (including phenoxy) is 1. The minimum atomic E-state index is 0.321. The number of benzene rings is 1. The highest BCUT2D eigenvalue weighted by molar-refractivity contribution is 5.23. The molecule has 0 saturated carbocycles. The van der Waals surface area contributed by atoms with Crippen molar-refractivity contribution in [2.24, 2.45) is 0 Å². The van der Waals surface area contributed by atoms with E-state index < -0.39 is 0 Å². The van der Waals surface area contributed by atoms with Crippen molar-refractivity contribution in [3.8, 4) is 0 Å². The van der Waals surface area contributed by atoms with E-state index in [0.29, 0.717) is 12.1 Å². The lowest BCUT2D eigenvalue weighted by atomic mass is 10.1. The molecule has 1 N–H and O–H groups in total. The first-order valence-corrected chi connectivity index (χ1v) is 7.33. The lowest BCUT2D eigenvalue weighted by Gasteiger charge is -2.32. The van der Waals surface area contributed by atoms with Gasteiger partial charge in [0.25, 0.3) is 0 Å². The summed E-state index contributed by atoms with van der Waals surface area (Å²) in [5, 5.41) is 3.58. The monoisotopic (exact) mass is 262 g/mol. The Kier molecular flexibility index (Phi) is 5.37. The highest BCUT2D eigenvalue weighted by Gasteiger charge is 2.19. The fourth-order valence-electron chi connectivity index (χ4n) is 2.47. The summed E-state index contributed by atoms with van der Waals surface area (Å²) in [6.45, 7) is 11.6. The van der Waals surface area contributed by atoms with Crippen LogP contribution in [0.3, 0.4) is 0 Å². The lowest BCUT2D eigenvalue weighted by molar-refractivity contribution is -0.0262. The van der Waals surface area contributed by atoms with Gasteiger partial charge in [-0.15, -0.1) is 0 Å². The molecule has 19 heavy (non-hydrogen) atoms. The number of likely N-dealkylation sites (N-methyl/N-ethyl adjacent to an activating group) is 1. The molecule has 1 aliphatic heterocycles. The quantitative estimate of drug-likeness (QED) is 0.881. The van der Waals surface area contributed by atoms with Crippen LogP contribution in [0.5, 0.6) is 0 Å². The van der Waals surface area contributed by atoms with Gasteiger partial charge in [-0.1, -0.05) is 36.8 Å². The van der Waals surface area contributed by atoms with Crippen LogP contribution in [0.25, 0.3) is 0 Å². The van der Waals surface area contributed by atoms with Gasteiger partial charge in [0.05, 0.1) is 12.7 Å². The Bertz CT molecular complexity index is 377. The van der Waals surface area contributed by atoms with Crippen molar-refractivity contribution in [1.82, 2.24) is 10.2 Å². The summed E-state index contributed by atoms with van der Waals surface area (Å²) in [6.07, 6.45) is 0.321. The molecule has 1 heterocycles. The van der Waals surface area contributed by atoms with E-state index in [1.165, 1.54) is 11.1 Å². The predicted molar refractivity (Wildman–Crippen MR) is 79.5 cm³/mol. The minimum Gasteiger partial charge on any atom is -0.374 e. The summed E-state index contributed by atoms with van der Waals surface area (Å²) in [7, 11) is 0. The van der Waals surface area contributed by atoms with E-state index in [0.717, 1.165) is 32.8 Å². The molecule has 0 amide bonds. The summed E-state index contributed by atoms with van der Waals surface area (Å²) >= 11 is 0. The van der Waals surface area contributed by atoms with Crippen LogP contribution >= 0.6 is 0 Å². The first-order valence-electron chi connectivity index (χ1n) is 7.33. The van der Waals surface area contributed by atoms with Gasteiger partial charge >= 0.3 is 0 Å². The number of hydrogen-bond acceptors (Lipinski definition) is 3. The number of morpholine rings is 1. The number of hydrogen-bond donors (Lipinski definition) is 1. The van der Waals surface area contributed by atoms with Crippen molar-refractivity contribution in [1.29, 1.82) is 0 Å². The van der Waals surface area contributed by atoms with Crippen LogP contribution < -0.4 is 5.32 Å². The number of rotatable bonds is 5. The van der Waals surface area contributed by atoms with Gasteiger partial charge in [-0.2, -0.15) is 0 Å². The molecule has 0 radical (unpaired) electrons. The Morgan fingerprint density at radius 2 is 2.11 bits per heavy atom. The van der Waals surface area contributed by atoms with Gasteiger partial charge in [0.15, 0.2) is 0 Å². The zero-order chi connectivity index (χ0) is 13.7. The maximum absolute atomic E-state index is 5.81. The van der Waals surface area contributed by atoms with Gasteiger partial charge in [-0.05, 0) is 26.0 Å². The summed E-state index contributed by atoms with van der Waals surface area (Å²) < 4.78 is 5.81. The van der Waals surface area contributed by atoms with Crippen molar-refractivity contribution in [3.05, 3.63) is 35.4 Å². The van der Waals surface area contributed by atoms with E-state index in [4.69, 9.17) is 4.74 Å². The Hall–Kier alpha value is -0.900. The Labute approximate surface area is 116 Å².